The predicted molar refractivity (Wildman–Crippen MR) is 62.8 cm³/mol. The number of aromatic nitrogens is 2. The number of nitrogens with zero attached hydrogens (tertiary/aromatic N) is 1. The van der Waals surface area contributed by atoms with Crippen LogP contribution in [0.2, 0.25) is 0 Å². The van der Waals surface area contributed by atoms with Crippen molar-refractivity contribution in [2.45, 2.75) is 51.9 Å². The quantitative estimate of drug-likeness (QED) is 0.659. The molecule has 3 N–H and O–H groups in total. The number of amides is 1. The Kier molecular flexibility index (Phi) is 5.61. The highest BCUT2D eigenvalue weighted by molar-refractivity contribution is 5.73. The number of unbranched alkanes of at least 4 members (excludes halogenated alkanes) is 4. The highest BCUT2D eigenvalue weighted by Gasteiger charge is 1.98. The first-order valence-electron chi connectivity index (χ1n) is 5.90. The van der Waals surface area contributed by atoms with E-state index in [2.05, 4.69) is 16.2 Å². The highest BCUT2D eigenvalue weighted by atomic mass is 16.1. The molecule has 0 fully saturated rings. The summed E-state index contributed by atoms with van der Waals surface area (Å²) in [6.07, 6.45) is 10.0. The molecule has 1 heterocycles. The van der Waals surface area contributed by atoms with E-state index in [4.69, 9.17) is 5.73 Å². The number of H-pyrrole nitrogens is 1. The summed E-state index contributed by atoms with van der Waals surface area (Å²) in [6, 6.07) is 0. The van der Waals surface area contributed by atoms with Crippen LogP contribution in [-0.4, -0.2) is 15.9 Å². The number of nitrogens with one attached hydrogen (secondary N) is 1. The van der Waals surface area contributed by atoms with E-state index in [0.29, 0.717) is 6.42 Å². The van der Waals surface area contributed by atoms with Gasteiger partial charge in [-0.1, -0.05) is 19.3 Å². The molecule has 0 unspecified atom stereocenters. The summed E-state index contributed by atoms with van der Waals surface area (Å²) in [5.41, 5.74) is 6.15. The first-order valence-corrected chi connectivity index (χ1v) is 5.90. The van der Waals surface area contributed by atoms with Gasteiger partial charge >= 0.3 is 0 Å². The van der Waals surface area contributed by atoms with Gasteiger partial charge in [0.05, 0.1) is 0 Å². The second kappa shape index (κ2) is 7.04. The van der Waals surface area contributed by atoms with E-state index in [1.165, 1.54) is 12.8 Å². The molecule has 1 amide bonds. The molecule has 1 aromatic rings. The number of hydrogen-bond acceptors (Lipinski definition) is 2. The number of carbonyl (C=O) groups excluding carboxylic acids is 1. The number of aromatic amines is 1. The first-order chi connectivity index (χ1) is 7.68. The van der Waals surface area contributed by atoms with E-state index in [0.717, 1.165) is 37.2 Å². The molecule has 0 aliphatic carbocycles. The van der Waals surface area contributed by atoms with Crippen LogP contribution in [0.15, 0.2) is 0 Å². The fourth-order valence-electron chi connectivity index (χ4n) is 1.68. The number of rotatable bonds is 8. The Labute approximate surface area is 96.6 Å². The van der Waals surface area contributed by atoms with Crippen molar-refractivity contribution in [3.8, 4) is 0 Å². The average Bonchev–Trinajstić information content (AvgIpc) is 2.62. The summed E-state index contributed by atoms with van der Waals surface area (Å²) in [6.45, 7) is 1.93. The molecule has 4 nitrogen and oxygen atoms in total. The Bertz CT molecular complexity index is 320. The Hall–Kier alpha value is -1.32. The Morgan fingerprint density at radius 3 is 2.62 bits per heavy atom. The zero-order valence-corrected chi connectivity index (χ0v) is 9.88. The third-order valence-corrected chi connectivity index (χ3v) is 2.54. The van der Waals surface area contributed by atoms with Crippen LogP contribution in [0.3, 0.4) is 0 Å². The van der Waals surface area contributed by atoms with E-state index >= 15 is 0 Å². The summed E-state index contributed by atoms with van der Waals surface area (Å²) in [5, 5.41) is 0. The van der Waals surface area contributed by atoms with Crippen LogP contribution in [0.5, 0.6) is 0 Å². The molecule has 1 rings (SSSR count). The summed E-state index contributed by atoms with van der Waals surface area (Å²) < 4.78 is 0. The van der Waals surface area contributed by atoms with E-state index in [9.17, 15) is 4.79 Å². The maximum absolute atomic E-state index is 10.5. The van der Waals surface area contributed by atoms with Crippen molar-refractivity contribution in [2.75, 3.05) is 0 Å². The topological polar surface area (TPSA) is 71.8 Å². The van der Waals surface area contributed by atoms with Crippen LogP contribution in [0.4, 0.5) is 0 Å². The molecular formula is C12H20N3O. The van der Waals surface area contributed by atoms with E-state index in [1.54, 1.807) is 0 Å². The molecule has 0 saturated heterocycles. The van der Waals surface area contributed by atoms with Crippen molar-refractivity contribution in [1.29, 1.82) is 0 Å². The van der Waals surface area contributed by atoms with Crippen LogP contribution < -0.4 is 5.73 Å². The van der Waals surface area contributed by atoms with Gasteiger partial charge in [-0.25, -0.2) is 4.98 Å². The summed E-state index contributed by atoms with van der Waals surface area (Å²) >= 11 is 0. The molecule has 89 valence electrons. The molecule has 4 heteroatoms. The van der Waals surface area contributed by atoms with Crippen molar-refractivity contribution in [3.05, 3.63) is 17.7 Å². The molecule has 0 saturated carbocycles. The number of imidazole rings is 1. The SMILES string of the molecule is Cc1n[c]c(CCCCCCCC(N)=O)[nH]1. The molecule has 0 atom stereocenters. The normalized spacial score (nSPS) is 10.6. The lowest BCUT2D eigenvalue weighted by Gasteiger charge is -1.99. The van der Waals surface area contributed by atoms with Gasteiger partial charge in [0.1, 0.15) is 12.0 Å². The number of primary amides is 1. The molecule has 1 aromatic heterocycles. The van der Waals surface area contributed by atoms with Crippen molar-refractivity contribution < 1.29 is 4.79 Å². The Morgan fingerprint density at radius 1 is 1.31 bits per heavy atom. The molecule has 1 radical (unpaired) electrons. The van der Waals surface area contributed by atoms with E-state index in [1.807, 2.05) is 6.92 Å². The van der Waals surface area contributed by atoms with Gasteiger partial charge in [0.2, 0.25) is 5.91 Å². The number of hydrogen-bond donors (Lipinski definition) is 2. The van der Waals surface area contributed by atoms with Crippen LogP contribution in [0, 0.1) is 13.1 Å². The van der Waals surface area contributed by atoms with E-state index in [-0.39, 0.29) is 5.91 Å². The maximum atomic E-state index is 10.5. The van der Waals surface area contributed by atoms with Crippen molar-refractivity contribution in [3.63, 3.8) is 0 Å². The summed E-state index contributed by atoms with van der Waals surface area (Å²) in [5.74, 6) is 0.735. The minimum atomic E-state index is -0.192. The average molecular weight is 222 g/mol. The van der Waals surface area contributed by atoms with Gasteiger partial charge in [-0.05, 0) is 26.2 Å². The Balaban J connectivity index is 1.94. The van der Waals surface area contributed by atoms with Crippen molar-refractivity contribution in [2.24, 2.45) is 5.73 Å². The van der Waals surface area contributed by atoms with Gasteiger partial charge < -0.3 is 10.7 Å². The van der Waals surface area contributed by atoms with Crippen LogP contribution >= 0.6 is 0 Å². The number of carbonyl (C=O) groups is 1. The summed E-state index contributed by atoms with van der Waals surface area (Å²) in [4.78, 5) is 17.7. The standard InChI is InChI=1S/C12H20N3O/c1-10-14-9-11(15-10)7-5-3-2-4-6-8-12(13)16/h2-8H2,1H3,(H2,13,16)(H,14,15). The maximum Gasteiger partial charge on any atom is 0.217 e. The Morgan fingerprint density at radius 2 is 2.00 bits per heavy atom. The van der Waals surface area contributed by atoms with Crippen LogP contribution in [-0.2, 0) is 11.2 Å². The van der Waals surface area contributed by atoms with Crippen molar-refractivity contribution in [1.82, 2.24) is 9.97 Å². The number of nitrogens with two attached hydrogens (primary N) is 1. The second-order valence-electron chi connectivity index (χ2n) is 4.15. The van der Waals surface area contributed by atoms with Crippen LogP contribution in [0.25, 0.3) is 0 Å². The zero-order valence-electron chi connectivity index (χ0n) is 9.88. The minimum absolute atomic E-state index is 0.192. The lowest BCUT2D eigenvalue weighted by molar-refractivity contribution is -0.118. The predicted octanol–water partition coefficient (Wildman–Crippen LogP) is 1.89. The lowest BCUT2D eigenvalue weighted by atomic mass is 10.1. The van der Waals surface area contributed by atoms with Gasteiger partial charge in [-0.3, -0.25) is 4.79 Å². The monoisotopic (exact) mass is 222 g/mol. The van der Waals surface area contributed by atoms with Gasteiger partial charge in [0.25, 0.3) is 0 Å². The molecular weight excluding hydrogens is 202 g/mol. The third-order valence-electron chi connectivity index (χ3n) is 2.54. The molecule has 0 aromatic carbocycles. The molecule has 0 bridgehead atoms. The fraction of sp³-hybridized carbons (Fsp3) is 0.667. The molecule has 16 heavy (non-hydrogen) atoms. The largest absolute Gasteiger partial charge is 0.370 e. The molecule has 0 aliphatic heterocycles. The van der Waals surface area contributed by atoms with Gasteiger partial charge in [-0.15, -0.1) is 0 Å². The van der Waals surface area contributed by atoms with Crippen LogP contribution in [0.1, 0.15) is 50.0 Å². The highest BCUT2D eigenvalue weighted by Crippen LogP contribution is 2.08. The fourth-order valence-corrected chi connectivity index (χ4v) is 1.68. The molecule has 0 spiro atoms. The first kappa shape index (κ1) is 12.7. The minimum Gasteiger partial charge on any atom is -0.370 e. The van der Waals surface area contributed by atoms with Gasteiger partial charge in [-0.2, -0.15) is 0 Å². The smallest absolute Gasteiger partial charge is 0.217 e. The zero-order chi connectivity index (χ0) is 11.8. The lowest BCUT2D eigenvalue weighted by Crippen LogP contribution is -2.09. The van der Waals surface area contributed by atoms with E-state index < -0.39 is 0 Å². The third kappa shape index (κ3) is 5.53. The summed E-state index contributed by atoms with van der Waals surface area (Å²) in [7, 11) is 0. The van der Waals surface area contributed by atoms with Crippen molar-refractivity contribution >= 4 is 5.91 Å². The second-order valence-corrected chi connectivity index (χ2v) is 4.15. The number of aryl methyl sites for hydroxylation is 2. The van der Waals surface area contributed by atoms with Gasteiger partial charge in [0.15, 0.2) is 0 Å². The van der Waals surface area contributed by atoms with Gasteiger partial charge in [0, 0.05) is 12.1 Å². The molecule has 0 aliphatic rings.